The highest BCUT2D eigenvalue weighted by molar-refractivity contribution is 6.31. The number of carbonyl (C=O) groups is 3. The zero-order chi connectivity index (χ0) is 22.0. The van der Waals surface area contributed by atoms with Crippen molar-refractivity contribution in [3.05, 3.63) is 87.9 Å². The number of nitrogens with one attached hydrogen (secondary N) is 1. The number of nitrogens with zero attached hydrogens (tertiary/aromatic N) is 1. The summed E-state index contributed by atoms with van der Waals surface area (Å²) >= 11 is 12.1. The maximum atomic E-state index is 12.9. The zero-order valence-corrected chi connectivity index (χ0v) is 17.6. The average Bonchev–Trinajstić information content (AvgIpc) is 2.77. The first kappa shape index (κ1) is 20.9. The van der Waals surface area contributed by atoms with Crippen molar-refractivity contribution in [2.24, 2.45) is 0 Å². The number of carbonyl (C=O) groups excluding carboxylic acids is 3. The lowest BCUT2D eigenvalue weighted by Gasteiger charge is -2.29. The van der Waals surface area contributed by atoms with E-state index in [0.29, 0.717) is 32.7 Å². The molecule has 3 aromatic rings. The molecule has 2 amide bonds. The number of benzene rings is 3. The molecule has 4 rings (SSSR count). The monoisotopic (exact) mass is 454 g/mol. The van der Waals surface area contributed by atoms with Crippen molar-refractivity contribution >= 4 is 52.2 Å². The lowest BCUT2D eigenvalue weighted by Crippen LogP contribution is -2.43. The molecule has 31 heavy (non-hydrogen) atoms. The molecule has 0 saturated heterocycles. The van der Waals surface area contributed by atoms with Gasteiger partial charge in [0.1, 0.15) is 12.3 Å². The van der Waals surface area contributed by atoms with E-state index in [1.54, 1.807) is 60.7 Å². The topological polar surface area (TPSA) is 75.7 Å². The van der Waals surface area contributed by atoms with Crippen LogP contribution in [0.15, 0.2) is 66.7 Å². The number of halogens is 2. The van der Waals surface area contributed by atoms with Gasteiger partial charge in [0.05, 0.1) is 11.4 Å². The predicted octanol–water partition coefficient (Wildman–Crippen LogP) is 4.59. The van der Waals surface area contributed by atoms with Crippen molar-refractivity contribution in [2.75, 3.05) is 23.4 Å². The molecule has 156 valence electrons. The van der Waals surface area contributed by atoms with Gasteiger partial charge in [0.25, 0.3) is 5.91 Å². The second-order valence-corrected chi connectivity index (χ2v) is 7.69. The average molecular weight is 455 g/mol. The molecule has 1 aliphatic rings. The zero-order valence-electron chi connectivity index (χ0n) is 16.1. The van der Waals surface area contributed by atoms with Crippen molar-refractivity contribution in [1.82, 2.24) is 0 Å². The molecule has 6 nitrogen and oxygen atoms in total. The van der Waals surface area contributed by atoms with E-state index in [4.69, 9.17) is 27.9 Å². The summed E-state index contributed by atoms with van der Waals surface area (Å²) in [5.41, 5.74) is 1.43. The van der Waals surface area contributed by atoms with Crippen LogP contribution in [-0.4, -0.2) is 30.7 Å². The van der Waals surface area contributed by atoms with Gasteiger partial charge in [-0.1, -0.05) is 53.5 Å². The minimum absolute atomic E-state index is 0.180. The number of fused-ring (bicyclic) bond motifs is 1. The fraction of sp³-hybridized carbons (Fsp3) is 0.0870. The highest BCUT2D eigenvalue weighted by atomic mass is 35.5. The Hall–Kier alpha value is -3.35. The molecule has 0 bridgehead atoms. The molecule has 0 aliphatic carbocycles. The van der Waals surface area contributed by atoms with Gasteiger partial charge in [-0.3, -0.25) is 19.3 Å². The third-order valence-corrected chi connectivity index (χ3v) is 5.17. The van der Waals surface area contributed by atoms with Gasteiger partial charge in [-0.15, -0.1) is 0 Å². The van der Waals surface area contributed by atoms with Gasteiger partial charge in [-0.05, 0) is 36.4 Å². The summed E-state index contributed by atoms with van der Waals surface area (Å²) in [6.07, 6.45) is 0. The maximum Gasteiger partial charge on any atom is 0.265 e. The van der Waals surface area contributed by atoms with Gasteiger partial charge < -0.3 is 10.1 Å². The van der Waals surface area contributed by atoms with E-state index in [-0.39, 0.29) is 30.4 Å². The van der Waals surface area contributed by atoms with Gasteiger partial charge in [-0.2, -0.15) is 0 Å². The van der Waals surface area contributed by atoms with Crippen LogP contribution in [0.25, 0.3) is 0 Å². The van der Waals surface area contributed by atoms with E-state index in [0.717, 1.165) is 0 Å². The van der Waals surface area contributed by atoms with Crippen LogP contribution < -0.4 is 15.0 Å². The van der Waals surface area contributed by atoms with Crippen molar-refractivity contribution in [2.45, 2.75) is 0 Å². The van der Waals surface area contributed by atoms with E-state index in [1.807, 2.05) is 0 Å². The first-order valence-electron chi connectivity index (χ1n) is 9.34. The lowest BCUT2D eigenvalue weighted by molar-refractivity contribution is -0.123. The number of rotatable bonds is 5. The lowest BCUT2D eigenvalue weighted by atomic mass is 10.0. The molecule has 1 N–H and O–H groups in total. The Balaban J connectivity index is 1.58. The summed E-state index contributed by atoms with van der Waals surface area (Å²) in [6.45, 7) is -0.447. The molecule has 0 atom stereocenters. The maximum absolute atomic E-state index is 12.9. The van der Waals surface area contributed by atoms with E-state index in [9.17, 15) is 14.4 Å². The SMILES string of the molecule is O=C(CN1C(=O)COc2ccc(Cl)cc21)Nc1ccc(Cl)cc1C(=O)c1ccccc1. The fourth-order valence-electron chi connectivity index (χ4n) is 3.24. The van der Waals surface area contributed by atoms with Crippen LogP contribution in [0.1, 0.15) is 15.9 Å². The van der Waals surface area contributed by atoms with Crippen molar-refractivity contribution in [3.63, 3.8) is 0 Å². The molecule has 0 saturated carbocycles. The molecular formula is C23H16Cl2N2O4. The van der Waals surface area contributed by atoms with Crippen LogP contribution in [0.4, 0.5) is 11.4 Å². The van der Waals surface area contributed by atoms with Crippen LogP contribution in [0.2, 0.25) is 10.0 Å². The Labute approximate surface area is 188 Å². The van der Waals surface area contributed by atoms with Crippen LogP contribution in [0, 0.1) is 0 Å². The van der Waals surface area contributed by atoms with Gasteiger partial charge in [0.2, 0.25) is 5.91 Å². The minimum atomic E-state index is -0.481. The van der Waals surface area contributed by atoms with Crippen molar-refractivity contribution < 1.29 is 19.1 Å². The fourth-order valence-corrected chi connectivity index (χ4v) is 3.58. The van der Waals surface area contributed by atoms with Crippen LogP contribution >= 0.6 is 23.2 Å². The smallest absolute Gasteiger partial charge is 0.265 e. The highest BCUT2D eigenvalue weighted by Gasteiger charge is 2.28. The molecule has 0 spiro atoms. The normalized spacial score (nSPS) is 12.7. The summed E-state index contributed by atoms with van der Waals surface area (Å²) in [6, 6.07) is 18.2. The Morgan fingerprint density at radius 2 is 1.68 bits per heavy atom. The minimum Gasteiger partial charge on any atom is -0.482 e. The number of anilines is 2. The molecular weight excluding hydrogens is 439 g/mol. The highest BCUT2D eigenvalue weighted by Crippen LogP contribution is 2.34. The van der Waals surface area contributed by atoms with Gasteiger partial charge in [0, 0.05) is 21.2 Å². The molecule has 0 fully saturated rings. The Morgan fingerprint density at radius 3 is 2.45 bits per heavy atom. The summed E-state index contributed by atoms with van der Waals surface area (Å²) in [5.74, 6) is -0.673. The first-order chi connectivity index (χ1) is 14.9. The number of ketones is 1. The third kappa shape index (κ3) is 4.55. The molecule has 3 aromatic carbocycles. The summed E-state index contributed by atoms with van der Waals surface area (Å²) in [7, 11) is 0. The Morgan fingerprint density at radius 1 is 0.968 bits per heavy atom. The van der Waals surface area contributed by atoms with Crippen LogP contribution in [0.5, 0.6) is 5.75 Å². The third-order valence-electron chi connectivity index (χ3n) is 4.70. The van der Waals surface area contributed by atoms with Crippen molar-refractivity contribution in [3.8, 4) is 5.75 Å². The van der Waals surface area contributed by atoms with E-state index >= 15 is 0 Å². The standard InChI is InChI=1S/C23H16Cl2N2O4/c24-15-6-8-18(17(10-15)23(30)14-4-2-1-3-5-14)26-21(28)12-27-19-11-16(25)7-9-20(19)31-13-22(27)29/h1-11H,12-13H2,(H,26,28). The molecule has 8 heteroatoms. The van der Waals surface area contributed by atoms with E-state index < -0.39 is 5.91 Å². The molecule has 1 aliphatic heterocycles. The van der Waals surface area contributed by atoms with E-state index in [2.05, 4.69) is 5.32 Å². The summed E-state index contributed by atoms with van der Waals surface area (Å²) in [5, 5.41) is 3.49. The van der Waals surface area contributed by atoms with E-state index in [1.165, 1.54) is 11.0 Å². The van der Waals surface area contributed by atoms with Gasteiger partial charge in [-0.25, -0.2) is 0 Å². The number of amides is 2. The van der Waals surface area contributed by atoms with Crippen molar-refractivity contribution in [1.29, 1.82) is 0 Å². The molecule has 1 heterocycles. The molecule has 0 unspecified atom stereocenters. The second kappa shape index (κ2) is 8.79. The number of ether oxygens (including phenoxy) is 1. The molecule has 0 radical (unpaired) electrons. The predicted molar refractivity (Wildman–Crippen MR) is 119 cm³/mol. The van der Waals surface area contributed by atoms with Gasteiger partial charge in [0.15, 0.2) is 12.4 Å². The van der Waals surface area contributed by atoms with Crippen LogP contribution in [0.3, 0.4) is 0 Å². The largest absolute Gasteiger partial charge is 0.482 e. The quantitative estimate of drug-likeness (QED) is 0.572. The Bertz CT molecular complexity index is 1180. The summed E-state index contributed by atoms with van der Waals surface area (Å²) < 4.78 is 5.39. The first-order valence-corrected chi connectivity index (χ1v) is 10.1. The number of hydrogen-bond donors (Lipinski definition) is 1. The molecule has 0 aromatic heterocycles. The Kier molecular flexibility index (Phi) is 5.93. The van der Waals surface area contributed by atoms with Gasteiger partial charge >= 0.3 is 0 Å². The second-order valence-electron chi connectivity index (χ2n) is 6.81. The van der Waals surface area contributed by atoms with Crippen LogP contribution in [-0.2, 0) is 9.59 Å². The summed E-state index contributed by atoms with van der Waals surface area (Å²) in [4.78, 5) is 39.4. The number of hydrogen-bond acceptors (Lipinski definition) is 4.